The van der Waals surface area contributed by atoms with Gasteiger partial charge in [-0.15, -0.1) is 0 Å². The zero-order chi connectivity index (χ0) is 11.7. The van der Waals surface area contributed by atoms with Crippen molar-refractivity contribution in [2.45, 2.75) is 6.92 Å². The summed E-state index contributed by atoms with van der Waals surface area (Å²) in [6.07, 6.45) is 3.59. The number of hydrogen-bond donors (Lipinski definition) is 2. The van der Waals surface area contributed by atoms with Gasteiger partial charge >= 0.3 is 0 Å². The van der Waals surface area contributed by atoms with E-state index in [9.17, 15) is 4.79 Å². The van der Waals surface area contributed by atoms with Gasteiger partial charge in [0.05, 0.1) is 17.6 Å². The summed E-state index contributed by atoms with van der Waals surface area (Å²) in [7, 11) is 0. The van der Waals surface area contributed by atoms with Gasteiger partial charge in [-0.3, -0.25) is 4.79 Å². The van der Waals surface area contributed by atoms with Gasteiger partial charge in [-0.25, -0.2) is 4.68 Å². The molecule has 0 atom stereocenters. The number of aromatic nitrogens is 2. The summed E-state index contributed by atoms with van der Waals surface area (Å²) < 4.78 is 1.66. The molecule has 0 radical (unpaired) electrons. The third kappa shape index (κ3) is 1.75. The fraction of sp³-hybridized carbons (Fsp3) is 0.0909. The lowest BCUT2D eigenvalue weighted by Crippen LogP contribution is -2.12. The molecule has 4 N–H and O–H groups in total. The first-order valence-electron chi connectivity index (χ1n) is 4.79. The Balaban J connectivity index is 2.47. The minimum absolute atomic E-state index is 0.394. The van der Waals surface area contributed by atoms with Crippen molar-refractivity contribution >= 4 is 11.6 Å². The van der Waals surface area contributed by atoms with E-state index in [4.69, 9.17) is 11.5 Å². The van der Waals surface area contributed by atoms with E-state index in [0.717, 1.165) is 11.3 Å². The number of nitrogen functional groups attached to an aromatic ring is 1. The molecule has 0 aliphatic heterocycles. The SMILES string of the molecule is Cc1cnn(-c2ccc(C(N)=O)cc2N)c1. The summed E-state index contributed by atoms with van der Waals surface area (Å²) in [5.74, 6) is -0.491. The first-order chi connectivity index (χ1) is 7.58. The maximum absolute atomic E-state index is 10.9. The van der Waals surface area contributed by atoms with Crippen LogP contribution in [0.1, 0.15) is 15.9 Å². The van der Waals surface area contributed by atoms with Gasteiger partial charge in [-0.05, 0) is 30.7 Å². The lowest BCUT2D eigenvalue weighted by Gasteiger charge is -2.06. The van der Waals surface area contributed by atoms with Crippen molar-refractivity contribution in [3.63, 3.8) is 0 Å². The fourth-order valence-electron chi connectivity index (χ4n) is 1.46. The molecule has 0 saturated heterocycles. The summed E-state index contributed by atoms with van der Waals surface area (Å²) >= 11 is 0. The van der Waals surface area contributed by atoms with Gasteiger partial charge in [-0.2, -0.15) is 5.10 Å². The van der Waals surface area contributed by atoms with E-state index in [-0.39, 0.29) is 0 Å². The van der Waals surface area contributed by atoms with Crippen LogP contribution in [-0.2, 0) is 0 Å². The number of amides is 1. The number of nitrogens with two attached hydrogens (primary N) is 2. The Morgan fingerprint density at radius 3 is 2.69 bits per heavy atom. The molecule has 1 amide bonds. The number of rotatable bonds is 2. The number of benzene rings is 1. The third-order valence-corrected chi connectivity index (χ3v) is 2.27. The van der Waals surface area contributed by atoms with E-state index >= 15 is 0 Å². The summed E-state index contributed by atoms with van der Waals surface area (Å²) in [5, 5.41) is 4.14. The molecule has 0 unspecified atom stereocenters. The highest BCUT2D eigenvalue weighted by Gasteiger charge is 2.06. The van der Waals surface area contributed by atoms with Crippen molar-refractivity contribution in [3.05, 3.63) is 41.7 Å². The standard InChI is InChI=1S/C11H12N4O/c1-7-5-14-15(6-7)10-3-2-8(11(13)16)4-9(10)12/h2-6H,12H2,1H3,(H2,13,16). The Morgan fingerprint density at radius 2 is 2.19 bits per heavy atom. The maximum Gasteiger partial charge on any atom is 0.248 e. The van der Waals surface area contributed by atoms with Crippen LogP contribution in [0.25, 0.3) is 5.69 Å². The van der Waals surface area contributed by atoms with Crippen LogP contribution in [0.15, 0.2) is 30.6 Å². The number of nitrogens with zero attached hydrogens (tertiary/aromatic N) is 2. The molecule has 16 heavy (non-hydrogen) atoms. The van der Waals surface area contributed by atoms with E-state index < -0.39 is 5.91 Å². The van der Waals surface area contributed by atoms with Crippen molar-refractivity contribution < 1.29 is 4.79 Å². The van der Waals surface area contributed by atoms with Crippen molar-refractivity contribution in [3.8, 4) is 5.69 Å². The molecule has 5 heteroatoms. The molecule has 1 aromatic heterocycles. The molecule has 2 aromatic rings. The van der Waals surface area contributed by atoms with Gasteiger partial charge in [0.2, 0.25) is 5.91 Å². The Hall–Kier alpha value is -2.30. The second-order valence-electron chi connectivity index (χ2n) is 3.60. The van der Waals surface area contributed by atoms with Gasteiger partial charge in [0, 0.05) is 11.8 Å². The number of aryl methyl sites for hydroxylation is 1. The molecule has 0 aliphatic carbocycles. The lowest BCUT2D eigenvalue weighted by molar-refractivity contribution is 0.100. The number of hydrogen-bond acceptors (Lipinski definition) is 3. The molecule has 0 saturated carbocycles. The van der Waals surface area contributed by atoms with E-state index in [1.807, 2.05) is 13.1 Å². The minimum Gasteiger partial charge on any atom is -0.397 e. The first kappa shape index (κ1) is 10.2. The molecule has 0 spiro atoms. The van der Waals surface area contributed by atoms with Crippen molar-refractivity contribution in [1.29, 1.82) is 0 Å². The monoisotopic (exact) mass is 216 g/mol. The summed E-state index contributed by atoms with van der Waals surface area (Å²) in [6, 6.07) is 4.90. The Labute approximate surface area is 92.7 Å². The van der Waals surface area contributed by atoms with Gasteiger partial charge in [-0.1, -0.05) is 0 Å². The smallest absolute Gasteiger partial charge is 0.248 e. The number of anilines is 1. The highest BCUT2D eigenvalue weighted by molar-refractivity contribution is 5.94. The van der Waals surface area contributed by atoms with Gasteiger partial charge in [0.25, 0.3) is 0 Å². The Kier molecular flexibility index (Phi) is 2.36. The van der Waals surface area contributed by atoms with Crippen LogP contribution in [0.4, 0.5) is 5.69 Å². The number of primary amides is 1. The lowest BCUT2D eigenvalue weighted by atomic mass is 10.1. The average Bonchev–Trinajstić information content (AvgIpc) is 2.64. The zero-order valence-electron chi connectivity index (χ0n) is 8.84. The van der Waals surface area contributed by atoms with E-state index in [2.05, 4.69) is 5.10 Å². The van der Waals surface area contributed by atoms with Crippen LogP contribution in [-0.4, -0.2) is 15.7 Å². The van der Waals surface area contributed by atoms with Gasteiger partial charge in [0.1, 0.15) is 0 Å². The van der Waals surface area contributed by atoms with Crippen molar-refractivity contribution in [1.82, 2.24) is 9.78 Å². The van der Waals surface area contributed by atoms with E-state index in [0.29, 0.717) is 11.3 Å². The van der Waals surface area contributed by atoms with Crippen LogP contribution < -0.4 is 11.5 Å². The Morgan fingerprint density at radius 1 is 1.44 bits per heavy atom. The predicted octanol–water partition coefficient (Wildman–Crippen LogP) is 0.862. The molecule has 0 fully saturated rings. The quantitative estimate of drug-likeness (QED) is 0.730. The maximum atomic E-state index is 10.9. The molecule has 5 nitrogen and oxygen atoms in total. The fourth-order valence-corrected chi connectivity index (χ4v) is 1.46. The highest BCUT2D eigenvalue weighted by Crippen LogP contribution is 2.18. The average molecular weight is 216 g/mol. The van der Waals surface area contributed by atoms with Crippen LogP contribution in [0.3, 0.4) is 0 Å². The summed E-state index contributed by atoms with van der Waals surface area (Å²) in [4.78, 5) is 10.9. The predicted molar refractivity (Wildman–Crippen MR) is 61.2 cm³/mol. The second kappa shape index (κ2) is 3.69. The van der Waals surface area contributed by atoms with Crippen LogP contribution >= 0.6 is 0 Å². The molecule has 82 valence electrons. The molecule has 1 aromatic carbocycles. The van der Waals surface area contributed by atoms with Crippen LogP contribution in [0.5, 0.6) is 0 Å². The van der Waals surface area contributed by atoms with Crippen molar-refractivity contribution in [2.24, 2.45) is 5.73 Å². The summed E-state index contributed by atoms with van der Waals surface area (Å²) in [5.41, 5.74) is 13.6. The second-order valence-corrected chi connectivity index (χ2v) is 3.60. The largest absolute Gasteiger partial charge is 0.397 e. The first-order valence-corrected chi connectivity index (χ1v) is 4.79. The molecular weight excluding hydrogens is 204 g/mol. The molecule has 0 aliphatic rings. The van der Waals surface area contributed by atoms with Gasteiger partial charge in [0.15, 0.2) is 0 Å². The Bertz CT molecular complexity index is 545. The molecule has 1 heterocycles. The minimum atomic E-state index is -0.491. The van der Waals surface area contributed by atoms with Gasteiger partial charge < -0.3 is 11.5 Å². The topological polar surface area (TPSA) is 86.9 Å². The molecule has 2 rings (SSSR count). The normalized spacial score (nSPS) is 10.3. The number of carbonyl (C=O) groups excluding carboxylic acids is 1. The highest BCUT2D eigenvalue weighted by atomic mass is 16.1. The van der Waals surface area contributed by atoms with Crippen LogP contribution in [0.2, 0.25) is 0 Å². The van der Waals surface area contributed by atoms with Crippen LogP contribution in [0, 0.1) is 6.92 Å². The van der Waals surface area contributed by atoms with E-state index in [1.54, 1.807) is 29.1 Å². The third-order valence-electron chi connectivity index (χ3n) is 2.27. The summed E-state index contributed by atoms with van der Waals surface area (Å²) in [6.45, 7) is 1.94. The zero-order valence-corrected chi connectivity index (χ0v) is 8.84. The van der Waals surface area contributed by atoms with Crippen molar-refractivity contribution in [2.75, 3.05) is 5.73 Å². The van der Waals surface area contributed by atoms with E-state index in [1.165, 1.54) is 0 Å². The molecular formula is C11H12N4O. The number of carbonyl (C=O) groups is 1. The molecule has 0 bridgehead atoms.